The third-order valence-corrected chi connectivity index (χ3v) is 6.73. The number of hydrogen-bond donors (Lipinski definition) is 1. The minimum Gasteiger partial charge on any atom is -0.299 e. The van der Waals surface area contributed by atoms with Gasteiger partial charge in [0.25, 0.3) is 10.0 Å². The molecule has 21 heavy (non-hydrogen) atoms. The number of nitrogens with zero attached hydrogens (tertiary/aromatic N) is 1. The summed E-state index contributed by atoms with van der Waals surface area (Å²) in [6.45, 7) is 2.44. The standard InChI is InChI=1S/C13H12N2O3S3/c1-2-15-10-8-9(5-6-11(10)20-13(15)16)14-21(17,18)12-4-3-7-19-12/h3-8,14H,2H2,1H3. The Labute approximate surface area is 129 Å². The zero-order valence-electron chi connectivity index (χ0n) is 11.1. The van der Waals surface area contributed by atoms with Gasteiger partial charge in [0.05, 0.1) is 15.9 Å². The highest BCUT2D eigenvalue weighted by atomic mass is 32.2. The number of anilines is 1. The fourth-order valence-electron chi connectivity index (χ4n) is 2.05. The van der Waals surface area contributed by atoms with E-state index < -0.39 is 10.0 Å². The Hall–Kier alpha value is -1.64. The van der Waals surface area contributed by atoms with Gasteiger partial charge < -0.3 is 0 Å². The first kappa shape index (κ1) is 14.3. The van der Waals surface area contributed by atoms with Crippen LogP contribution in [0.4, 0.5) is 5.69 Å². The van der Waals surface area contributed by atoms with Crippen molar-refractivity contribution in [2.24, 2.45) is 0 Å². The molecule has 3 aromatic rings. The average Bonchev–Trinajstić information content (AvgIpc) is 3.05. The molecule has 0 aliphatic heterocycles. The van der Waals surface area contributed by atoms with Crippen LogP contribution in [0.2, 0.25) is 0 Å². The average molecular weight is 340 g/mol. The van der Waals surface area contributed by atoms with Crippen LogP contribution in [0.15, 0.2) is 44.7 Å². The molecule has 0 radical (unpaired) electrons. The summed E-state index contributed by atoms with van der Waals surface area (Å²) in [5.41, 5.74) is 1.20. The van der Waals surface area contributed by atoms with Crippen molar-refractivity contribution in [3.63, 3.8) is 0 Å². The number of thiazole rings is 1. The Morgan fingerprint density at radius 2 is 2.10 bits per heavy atom. The van der Waals surface area contributed by atoms with E-state index in [9.17, 15) is 13.2 Å². The summed E-state index contributed by atoms with van der Waals surface area (Å²) in [5, 5.41) is 1.71. The van der Waals surface area contributed by atoms with Crippen LogP contribution < -0.4 is 9.60 Å². The highest BCUT2D eigenvalue weighted by Gasteiger charge is 2.16. The van der Waals surface area contributed by atoms with Crippen molar-refractivity contribution >= 4 is 48.6 Å². The lowest BCUT2D eigenvalue weighted by molar-refractivity contribution is 0.603. The van der Waals surface area contributed by atoms with Gasteiger partial charge in [0.15, 0.2) is 0 Å². The topological polar surface area (TPSA) is 68.2 Å². The van der Waals surface area contributed by atoms with Gasteiger partial charge >= 0.3 is 4.87 Å². The third kappa shape index (κ3) is 2.61. The van der Waals surface area contributed by atoms with E-state index in [-0.39, 0.29) is 9.08 Å². The second-order valence-corrected chi connectivity index (χ2v) is 8.18. The normalized spacial score (nSPS) is 11.9. The Morgan fingerprint density at radius 1 is 1.29 bits per heavy atom. The molecule has 0 saturated heterocycles. The maximum atomic E-state index is 12.2. The fourth-order valence-corrected chi connectivity index (χ4v) is 5.02. The van der Waals surface area contributed by atoms with Crippen molar-refractivity contribution in [3.8, 4) is 0 Å². The summed E-state index contributed by atoms with van der Waals surface area (Å²) in [5.74, 6) is 0. The first-order chi connectivity index (χ1) is 10.0. The highest BCUT2D eigenvalue weighted by Crippen LogP contribution is 2.25. The van der Waals surface area contributed by atoms with Gasteiger partial charge in [0.1, 0.15) is 4.21 Å². The molecule has 0 atom stereocenters. The minimum absolute atomic E-state index is 0.0363. The van der Waals surface area contributed by atoms with E-state index in [2.05, 4.69) is 4.72 Å². The molecule has 0 aliphatic rings. The second kappa shape index (κ2) is 5.28. The second-order valence-electron chi connectivity index (χ2n) is 4.33. The molecule has 0 saturated carbocycles. The number of sulfonamides is 1. The lowest BCUT2D eigenvalue weighted by Gasteiger charge is -2.07. The maximum absolute atomic E-state index is 12.2. The van der Waals surface area contributed by atoms with E-state index in [4.69, 9.17) is 0 Å². The van der Waals surface area contributed by atoms with Gasteiger partial charge in [-0.15, -0.1) is 11.3 Å². The van der Waals surface area contributed by atoms with Crippen LogP contribution in [0.1, 0.15) is 6.92 Å². The summed E-state index contributed by atoms with van der Waals surface area (Å²) >= 11 is 2.32. The minimum atomic E-state index is -3.57. The molecule has 3 rings (SSSR count). The van der Waals surface area contributed by atoms with Crippen molar-refractivity contribution in [2.45, 2.75) is 17.7 Å². The fraction of sp³-hybridized carbons (Fsp3) is 0.154. The summed E-state index contributed by atoms with van der Waals surface area (Å²) in [6, 6.07) is 8.37. The Balaban J connectivity index is 2.04. The Morgan fingerprint density at radius 3 is 2.76 bits per heavy atom. The van der Waals surface area contributed by atoms with Crippen LogP contribution in [-0.2, 0) is 16.6 Å². The van der Waals surface area contributed by atoms with E-state index in [0.29, 0.717) is 12.2 Å². The molecule has 0 amide bonds. The molecule has 8 heteroatoms. The largest absolute Gasteiger partial charge is 0.308 e. The van der Waals surface area contributed by atoms with Crippen LogP contribution in [0, 0.1) is 0 Å². The van der Waals surface area contributed by atoms with Crippen LogP contribution in [0.25, 0.3) is 10.2 Å². The maximum Gasteiger partial charge on any atom is 0.308 e. The van der Waals surface area contributed by atoms with E-state index in [1.165, 1.54) is 0 Å². The molecule has 0 unspecified atom stereocenters. The van der Waals surface area contributed by atoms with E-state index in [1.54, 1.807) is 40.3 Å². The van der Waals surface area contributed by atoms with Crippen LogP contribution in [-0.4, -0.2) is 13.0 Å². The number of benzene rings is 1. The molecular formula is C13H12N2O3S3. The number of aromatic nitrogens is 1. The van der Waals surface area contributed by atoms with Gasteiger partial charge in [0, 0.05) is 6.54 Å². The first-order valence-electron chi connectivity index (χ1n) is 6.21. The molecule has 0 fully saturated rings. The van der Waals surface area contributed by atoms with Crippen LogP contribution >= 0.6 is 22.7 Å². The first-order valence-corrected chi connectivity index (χ1v) is 9.39. The molecule has 110 valence electrons. The van der Waals surface area contributed by atoms with Gasteiger partial charge in [-0.25, -0.2) is 8.42 Å². The van der Waals surface area contributed by atoms with E-state index in [0.717, 1.165) is 32.9 Å². The number of nitrogens with one attached hydrogen (secondary N) is 1. The lowest BCUT2D eigenvalue weighted by Crippen LogP contribution is -2.12. The van der Waals surface area contributed by atoms with Crippen molar-refractivity contribution < 1.29 is 8.42 Å². The third-order valence-electron chi connectivity index (χ3n) is 3.00. The number of hydrogen-bond acceptors (Lipinski definition) is 5. The monoisotopic (exact) mass is 340 g/mol. The number of aryl methyl sites for hydroxylation is 1. The molecule has 2 heterocycles. The van der Waals surface area contributed by atoms with Crippen molar-refractivity contribution in [2.75, 3.05) is 4.72 Å². The lowest BCUT2D eigenvalue weighted by atomic mass is 10.3. The number of thiophene rings is 1. The highest BCUT2D eigenvalue weighted by molar-refractivity contribution is 7.94. The van der Waals surface area contributed by atoms with Gasteiger partial charge in [-0.1, -0.05) is 17.4 Å². The quantitative estimate of drug-likeness (QED) is 0.794. The summed E-state index contributed by atoms with van der Waals surface area (Å²) in [4.78, 5) is 11.8. The van der Waals surface area contributed by atoms with Crippen molar-refractivity contribution in [1.82, 2.24) is 4.57 Å². The summed E-state index contributed by atoms with van der Waals surface area (Å²) in [6.07, 6.45) is 0. The van der Waals surface area contributed by atoms with Crippen molar-refractivity contribution in [3.05, 3.63) is 45.4 Å². The zero-order valence-corrected chi connectivity index (χ0v) is 13.5. The molecule has 2 aromatic heterocycles. The van der Waals surface area contributed by atoms with Gasteiger partial charge in [-0.3, -0.25) is 14.1 Å². The summed E-state index contributed by atoms with van der Waals surface area (Å²) < 4.78 is 29.7. The summed E-state index contributed by atoms with van der Waals surface area (Å²) in [7, 11) is -3.57. The molecule has 1 aromatic carbocycles. The predicted molar refractivity (Wildman–Crippen MR) is 86.9 cm³/mol. The molecule has 5 nitrogen and oxygen atoms in total. The Bertz CT molecular complexity index is 937. The molecule has 0 aliphatic carbocycles. The number of fused-ring (bicyclic) bond motifs is 1. The molecule has 1 N–H and O–H groups in total. The van der Waals surface area contributed by atoms with E-state index >= 15 is 0 Å². The zero-order chi connectivity index (χ0) is 15.0. The van der Waals surface area contributed by atoms with Gasteiger partial charge in [-0.2, -0.15) is 0 Å². The van der Waals surface area contributed by atoms with Gasteiger partial charge in [-0.05, 0) is 36.6 Å². The molecule has 0 spiro atoms. The van der Waals surface area contributed by atoms with Crippen molar-refractivity contribution in [1.29, 1.82) is 0 Å². The van der Waals surface area contributed by atoms with Crippen LogP contribution in [0.3, 0.4) is 0 Å². The van der Waals surface area contributed by atoms with Crippen LogP contribution in [0.5, 0.6) is 0 Å². The SMILES string of the molecule is CCn1c(=O)sc2ccc(NS(=O)(=O)c3cccs3)cc21. The molecule has 0 bridgehead atoms. The Kier molecular flexibility index (Phi) is 3.60. The van der Waals surface area contributed by atoms with Gasteiger partial charge in [0.2, 0.25) is 0 Å². The number of rotatable bonds is 4. The smallest absolute Gasteiger partial charge is 0.299 e. The van der Waals surface area contributed by atoms with E-state index in [1.807, 2.05) is 6.92 Å². The predicted octanol–water partition coefficient (Wildman–Crippen LogP) is 2.95. The molecular weight excluding hydrogens is 328 g/mol.